The third-order valence-electron chi connectivity index (χ3n) is 4.68. The van der Waals surface area contributed by atoms with Gasteiger partial charge in [-0.15, -0.1) is 0 Å². The van der Waals surface area contributed by atoms with Gasteiger partial charge in [0.1, 0.15) is 5.75 Å². The van der Waals surface area contributed by atoms with Crippen LogP contribution in [0.3, 0.4) is 0 Å². The van der Waals surface area contributed by atoms with Crippen LogP contribution in [0.2, 0.25) is 0 Å². The van der Waals surface area contributed by atoms with Gasteiger partial charge in [0, 0.05) is 37.8 Å². The van der Waals surface area contributed by atoms with E-state index in [0.717, 1.165) is 55.5 Å². The molecule has 142 valence electrons. The van der Waals surface area contributed by atoms with E-state index in [-0.39, 0.29) is 0 Å². The van der Waals surface area contributed by atoms with Crippen molar-refractivity contribution in [1.29, 1.82) is 0 Å². The quantitative estimate of drug-likeness (QED) is 0.655. The highest BCUT2D eigenvalue weighted by Crippen LogP contribution is 2.21. The van der Waals surface area contributed by atoms with E-state index >= 15 is 0 Å². The molecule has 0 saturated carbocycles. The maximum Gasteiger partial charge on any atom is 0.241 e. The highest BCUT2D eigenvalue weighted by Gasteiger charge is 2.20. The van der Waals surface area contributed by atoms with Gasteiger partial charge in [0.2, 0.25) is 11.7 Å². The largest absolute Gasteiger partial charge is 0.497 e. The molecule has 2 aromatic heterocycles. The van der Waals surface area contributed by atoms with Gasteiger partial charge in [-0.25, -0.2) is 0 Å². The third-order valence-corrected chi connectivity index (χ3v) is 4.68. The molecular weight excluding hydrogens is 346 g/mol. The summed E-state index contributed by atoms with van der Waals surface area (Å²) in [7, 11) is 1.64. The fourth-order valence-electron chi connectivity index (χ4n) is 3.21. The first kappa shape index (κ1) is 17.7. The van der Waals surface area contributed by atoms with Crippen molar-refractivity contribution in [2.24, 2.45) is 0 Å². The van der Waals surface area contributed by atoms with Gasteiger partial charge in [-0.1, -0.05) is 22.4 Å². The zero-order chi connectivity index (χ0) is 18.6. The molecule has 3 heterocycles. The Labute approximate surface area is 157 Å². The highest BCUT2D eigenvalue weighted by molar-refractivity contribution is 5.56. The molecule has 1 fully saturated rings. The first-order valence-electron chi connectivity index (χ1n) is 9.03. The minimum absolute atomic E-state index is 0.586. The number of aryl methyl sites for hydroxylation is 1. The lowest BCUT2D eigenvalue weighted by molar-refractivity contribution is 0.105. The zero-order valence-corrected chi connectivity index (χ0v) is 15.6. The Bertz CT molecular complexity index is 883. The van der Waals surface area contributed by atoms with Crippen molar-refractivity contribution in [3.63, 3.8) is 0 Å². The van der Waals surface area contributed by atoms with E-state index in [0.29, 0.717) is 18.3 Å². The molecule has 27 heavy (non-hydrogen) atoms. The fourth-order valence-corrected chi connectivity index (χ4v) is 3.21. The summed E-state index contributed by atoms with van der Waals surface area (Å²) in [5.74, 6) is 2.91. The summed E-state index contributed by atoms with van der Waals surface area (Å²) in [4.78, 5) is 9.22. The minimum Gasteiger partial charge on any atom is -0.497 e. The lowest BCUT2D eigenvalue weighted by Crippen LogP contribution is -2.45. The molecule has 8 nitrogen and oxygen atoms in total. The van der Waals surface area contributed by atoms with Crippen LogP contribution >= 0.6 is 0 Å². The molecule has 0 bridgehead atoms. The molecule has 1 aliphatic rings. The SMILES string of the molecule is COc1cccc(-c2noc(CN3CCN(Cc4cc(C)no4)CC3)n2)c1. The van der Waals surface area contributed by atoms with Crippen molar-refractivity contribution in [1.82, 2.24) is 25.1 Å². The first-order valence-corrected chi connectivity index (χ1v) is 9.03. The number of hydrogen-bond acceptors (Lipinski definition) is 8. The molecule has 0 atom stereocenters. The number of aromatic nitrogens is 3. The van der Waals surface area contributed by atoms with Crippen LogP contribution in [0, 0.1) is 6.92 Å². The average Bonchev–Trinajstić information content (AvgIpc) is 3.32. The maximum atomic E-state index is 5.44. The predicted octanol–water partition coefficient (Wildman–Crippen LogP) is 2.36. The molecule has 0 amide bonds. The number of piperazine rings is 1. The van der Waals surface area contributed by atoms with E-state index in [1.165, 1.54) is 0 Å². The predicted molar refractivity (Wildman–Crippen MR) is 98.1 cm³/mol. The number of benzene rings is 1. The first-order chi connectivity index (χ1) is 13.2. The van der Waals surface area contributed by atoms with Crippen molar-refractivity contribution in [3.05, 3.63) is 47.7 Å². The van der Waals surface area contributed by atoms with Crippen molar-refractivity contribution in [2.45, 2.75) is 20.0 Å². The summed E-state index contributed by atoms with van der Waals surface area (Å²) in [6.07, 6.45) is 0. The molecule has 1 aliphatic heterocycles. The summed E-state index contributed by atoms with van der Waals surface area (Å²) in [5.41, 5.74) is 1.81. The van der Waals surface area contributed by atoms with Crippen LogP contribution in [0.25, 0.3) is 11.4 Å². The number of nitrogens with zero attached hydrogens (tertiary/aromatic N) is 5. The van der Waals surface area contributed by atoms with Gasteiger partial charge in [-0.2, -0.15) is 4.98 Å². The summed E-state index contributed by atoms with van der Waals surface area (Å²) in [5, 5.41) is 8.05. The summed E-state index contributed by atoms with van der Waals surface area (Å²) < 4.78 is 16.0. The molecule has 0 spiro atoms. The minimum atomic E-state index is 0.586. The van der Waals surface area contributed by atoms with Gasteiger partial charge in [0.05, 0.1) is 25.9 Å². The maximum absolute atomic E-state index is 5.44. The molecule has 1 aromatic carbocycles. The molecule has 0 unspecified atom stereocenters. The Balaban J connectivity index is 1.31. The van der Waals surface area contributed by atoms with Gasteiger partial charge < -0.3 is 13.8 Å². The smallest absolute Gasteiger partial charge is 0.241 e. The van der Waals surface area contributed by atoms with Crippen LogP contribution in [-0.2, 0) is 13.1 Å². The van der Waals surface area contributed by atoms with Crippen LogP contribution in [0.5, 0.6) is 5.75 Å². The molecule has 8 heteroatoms. The highest BCUT2D eigenvalue weighted by atomic mass is 16.5. The number of ether oxygens (including phenoxy) is 1. The van der Waals surface area contributed by atoms with Gasteiger partial charge in [-0.3, -0.25) is 9.80 Å². The second-order valence-electron chi connectivity index (χ2n) is 6.73. The molecular formula is C19H23N5O3. The van der Waals surface area contributed by atoms with Crippen molar-refractivity contribution in [3.8, 4) is 17.1 Å². The van der Waals surface area contributed by atoms with Gasteiger partial charge in [0.15, 0.2) is 5.76 Å². The van der Waals surface area contributed by atoms with E-state index in [2.05, 4.69) is 25.1 Å². The third kappa shape index (κ3) is 4.35. The fraction of sp³-hybridized carbons (Fsp3) is 0.421. The Morgan fingerprint density at radius 3 is 2.48 bits per heavy atom. The Morgan fingerprint density at radius 1 is 1.00 bits per heavy atom. The van der Waals surface area contributed by atoms with E-state index in [9.17, 15) is 0 Å². The van der Waals surface area contributed by atoms with Gasteiger partial charge in [0.25, 0.3) is 0 Å². The van der Waals surface area contributed by atoms with Crippen molar-refractivity contribution in [2.75, 3.05) is 33.3 Å². The van der Waals surface area contributed by atoms with Crippen LogP contribution in [-0.4, -0.2) is 58.4 Å². The standard InChI is InChI=1S/C19H23N5O3/c1-14-10-17(26-21-14)12-23-6-8-24(9-7-23)13-18-20-19(22-27-18)15-4-3-5-16(11-15)25-2/h3-5,10-11H,6-9,12-13H2,1-2H3. The second-order valence-corrected chi connectivity index (χ2v) is 6.73. The van der Waals surface area contributed by atoms with E-state index in [1.54, 1.807) is 7.11 Å². The number of hydrogen-bond donors (Lipinski definition) is 0. The molecule has 0 aliphatic carbocycles. The number of rotatable bonds is 6. The van der Waals surface area contributed by atoms with Crippen LogP contribution in [0.4, 0.5) is 0 Å². The monoisotopic (exact) mass is 369 g/mol. The van der Waals surface area contributed by atoms with Crippen LogP contribution < -0.4 is 4.74 Å². The Kier molecular flexibility index (Phi) is 5.17. The van der Waals surface area contributed by atoms with E-state index in [4.69, 9.17) is 13.8 Å². The Morgan fingerprint density at radius 2 is 1.78 bits per heavy atom. The second kappa shape index (κ2) is 7.89. The van der Waals surface area contributed by atoms with Gasteiger partial charge in [-0.05, 0) is 19.1 Å². The average molecular weight is 369 g/mol. The lowest BCUT2D eigenvalue weighted by Gasteiger charge is -2.33. The molecule has 4 rings (SSSR count). The van der Waals surface area contributed by atoms with Gasteiger partial charge >= 0.3 is 0 Å². The summed E-state index contributed by atoms with van der Waals surface area (Å²) in [6, 6.07) is 9.65. The lowest BCUT2D eigenvalue weighted by atomic mass is 10.2. The number of methoxy groups -OCH3 is 1. The Hall–Kier alpha value is -2.71. The van der Waals surface area contributed by atoms with E-state index < -0.39 is 0 Å². The van der Waals surface area contributed by atoms with Crippen molar-refractivity contribution < 1.29 is 13.8 Å². The molecule has 1 saturated heterocycles. The molecule has 0 N–H and O–H groups in total. The van der Waals surface area contributed by atoms with Crippen molar-refractivity contribution >= 4 is 0 Å². The molecule has 0 radical (unpaired) electrons. The normalized spacial score (nSPS) is 15.9. The van der Waals surface area contributed by atoms with Crippen LogP contribution in [0.15, 0.2) is 39.4 Å². The zero-order valence-electron chi connectivity index (χ0n) is 15.6. The summed E-state index contributed by atoms with van der Waals surface area (Å²) >= 11 is 0. The topological polar surface area (TPSA) is 80.7 Å². The molecule has 3 aromatic rings. The van der Waals surface area contributed by atoms with E-state index in [1.807, 2.05) is 37.3 Å². The summed E-state index contributed by atoms with van der Waals surface area (Å²) in [6.45, 7) is 7.23. The van der Waals surface area contributed by atoms with Crippen LogP contribution in [0.1, 0.15) is 17.3 Å².